The number of ether oxygens (including phenoxy) is 2. The van der Waals surface area contributed by atoms with Crippen LogP contribution in [0.2, 0.25) is 0 Å². The highest BCUT2D eigenvalue weighted by Crippen LogP contribution is 2.28. The summed E-state index contributed by atoms with van der Waals surface area (Å²) in [5.74, 6) is 1.07. The van der Waals surface area contributed by atoms with Gasteiger partial charge < -0.3 is 14.8 Å². The number of hydrogen-bond acceptors (Lipinski definition) is 5. The van der Waals surface area contributed by atoms with Crippen LogP contribution in [0.3, 0.4) is 0 Å². The summed E-state index contributed by atoms with van der Waals surface area (Å²) in [4.78, 5) is 12.7. The van der Waals surface area contributed by atoms with E-state index in [1.807, 2.05) is 32.0 Å². The van der Waals surface area contributed by atoms with Crippen LogP contribution in [0.15, 0.2) is 41.3 Å². The van der Waals surface area contributed by atoms with E-state index in [-0.39, 0.29) is 17.3 Å². The van der Waals surface area contributed by atoms with Gasteiger partial charge in [0.2, 0.25) is 10.0 Å². The summed E-state index contributed by atoms with van der Waals surface area (Å²) >= 11 is 0. The van der Waals surface area contributed by atoms with E-state index >= 15 is 0 Å². The second-order valence-electron chi connectivity index (χ2n) is 6.63. The van der Waals surface area contributed by atoms with Gasteiger partial charge in [0.15, 0.2) is 11.5 Å². The molecular weight excluding hydrogens is 404 g/mol. The fourth-order valence-corrected chi connectivity index (χ4v) is 4.02. The molecule has 0 saturated heterocycles. The Morgan fingerprint density at radius 3 is 2.33 bits per heavy atom. The SMILES string of the molecule is CCNS(=O)(=O)c1ccc(C)c(C(=O)NCCc2ccc(OCC)c(OCC)c2)c1. The van der Waals surface area contributed by atoms with Gasteiger partial charge >= 0.3 is 0 Å². The van der Waals surface area contributed by atoms with E-state index in [2.05, 4.69) is 10.0 Å². The molecule has 0 fully saturated rings. The van der Waals surface area contributed by atoms with Crippen molar-refractivity contribution in [2.45, 2.75) is 39.0 Å². The van der Waals surface area contributed by atoms with Crippen LogP contribution in [0, 0.1) is 6.92 Å². The second kappa shape index (κ2) is 11.0. The molecule has 0 spiro atoms. The van der Waals surface area contributed by atoms with Gasteiger partial charge in [-0.1, -0.05) is 19.1 Å². The summed E-state index contributed by atoms with van der Waals surface area (Å²) in [5.41, 5.74) is 2.06. The van der Waals surface area contributed by atoms with Crippen LogP contribution < -0.4 is 19.5 Å². The van der Waals surface area contributed by atoms with Gasteiger partial charge in [-0.05, 0) is 62.6 Å². The molecule has 8 heteroatoms. The van der Waals surface area contributed by atoms with Crippen molar-refractivity contribution in [3.63, 3.8) is 0 Å². The first-order valence-corrected chi connectivity index (χ1v) is 11.6. The molecule has 0 radical (unpaired) electrons. The van der Waals surface area contributed by atoms with Gasteiger partial charge in [-0.2, -0.15) is 0 Å². The number of aryl methyl sites for hydroxylation is 1. The van der Waals surface area contributed by atoms with Crippen LogP contribution in [-0.2, 0) is 16.4 Å². The third-order valence-electron chi connectivity index (χ3n) is 4.41. The van der Waals surface area contributed by atoms with Gasteiger partial charge in [0, 0.05) is 18.7 Å². The number of hydrogen-bond donors (Lipinski definition) is 2. The molecule has 7 nitrogen and oxygen atoms in total. The Balaban J connectivity index is 2.07. The molecule has 0 bridgehead atoms. The quantitative estimate of drug-likeness (QED) is 0.567. The van der Waals surface area contributed by atoms with Crippen molar-refractivity contribution < 1.29 is 22.7 Å². The molecule has 0 aliphatic rings. The Hall–Kier alpha value is -2.58. The molecule has 2 rings (SSSR count). The monoisotopic (exact) mass is 434 g/mol. The largest absolute Gasteiger partial charge is 0.490 e. The second-order valence-corrected chi connectivity index (χ2v) is 8.40. The number of benzene rings is 2. The number of carbonyl (C=O) groups excluding carboxylic acids is 1. The Morgan fingerprint density at radius 1 is 0.967 bits per heavy atom. The zero-order valence-electron chi connectivity index (χ0n) is 17.9. The summed E-state index contributed by atoms with van der Waals surface area (Å²) in [6.45, 7) is 9.08. The first-order valence-electron chi connectivity index (χ1n) is 10.1. The van der Waals surface area contributed by atoms with Crippen molar-refractivity contribution >= 4 is 15.9 Å². The zero-order valence-corrected chi connectivity index (χ0v) is 18.8. The van der Waals surface area contributed by atoms with Crippen molar-refractivity contribution in [3.05, 3.63) is 53.1 Å². The van der Waals surface area contributed by atoms with E-state index in [9.17, 15) is 13.2 Å². The fraction of sp³-hybridized carbons (Fsp3) is 0.409. The molecule has 0 aliphatic carbocycles. The Labute approximate surface area is 178 Å². The lowest BCUT2D eigenvalue weighted by Gasteiger charge is -2.13. The minimum atomic E-state index is -3.62. The van der Waals surface area contributed by atoms with E-state index in [1.165, 1.54) is 12.1 Å². The highest BCUT2D eigenvalue weighted by Gasteiger charge is 2.17. The van der Waals surface area contributed by atoms with E-state index in [0.717, 1.165) is 5.56 Å². The van der Waals surface area contributed by atoms with E-state index in [0.29, 0.717) is 48.8 Å². The van der Waals surface area contributed by atoms with Crippen molar-refractivity contribution in [3.8, 4) is 11.5 Å². The summed E-state index contributed by atoms with van der Waals surface area (Å²) in [6, 6.07) is 10.3. The van der Waals surface area contributed by atoms with Crippen LogP contribution in [-0.4, -0.2) is 40.6 Å². The van der Waals surface area contributed by atoms with Gasteiger partial charge in [0.25, 0.3) is 5.91 Å². The molecule has 0 aliphatic heterocycles. The molecule has 0 atom stereocenters. The predicted octanol–water partition coefficient (Wildman–Crippen LogP) is 3.06. The lowest BCUT2D eigenvalue weighted by Crippen LogP contribution is -2.27. The third kappa shape index (κ3) is 6.21. The van der Waals surface area contributed by atoms with E-state index < -0.39 is 10.0 Å². The number of amides is 1. The third-order valence-corrected chi connectivity index (χ3v) is 5.95. The zero-order chi connectivity index (χ0) is 22.1. The van der Waals surface area contributed by atoms with Gasteiger partial charge in [-0.15, -0.1) is 0 Å². The first kappa shape index (κ1) is 23.7. The molecule has 0 saturated carbocycles. The molecule has 1 amide bonds. The highest BCUT2D eigenvalue weighted by atomic mass is 32.2. The molecule has 2 aromatic carbocycles. The van der Waals surface area contributed by atoms with Crippen molar-refractivity contribution in [2.24, 2.45) is 0 Å². The molecule has 30 heavy (non-hydrogen) atoms. The minimum Gasteiger partial charge on any atom is -0.490 e. The first-order chi connectivity index (χ1) is 14.3. The average Bonchev–Trinajstić information content (AvgIpc) is 2.70. The van der Waals surface area contributed by atoms with Crippen molar-refractivity contribution in [1.82, 2.24) is 10.0 Å². The summed E-state index contributed by atoms with van der Waals surface area (Å²) in [7, 11) is -3.62. The normalized spacial score (nSPS) is 11.2. The number of rotatable bonds is 11. The number of sulfonamides is 1. The topological polar surface area (TPSA) is 93.7 Å². The fourth-order valence-electron chi connectivity index (χ4n) is 2.95. The van der Waals surface area contributed by atoms with Crippen LogP contribution >= 0.6 is 0 Å². The van der Waals surface area contributed by atoms with Crippen LogP contribution in [0.4, 0.5) is 0 Å². The lowest BCUT2D eigenvalue weighted by atomic mass is 10.1. The lowest BCUT2D eigenvalue weighted by molar-refractivity contribution is 0.0953. The smallest absolute Gasteiger partial charge is 0.251 e. The van der Waals surface area contributed by atoms with Crippen molar-refractivity contribution in [2.75, 3.05) is 26.3 Å². The molecular formula is C22H30N2O5S. The standard InChI is InChI=1S/C22H30N2O5S/c1-5-24-30(26,27)18-10-8-16(4)19(15-18)22(25)23-13-12-17-9-11-20(28-6-2)21(14-17)29-7-3/h8-11,14-15,24H,5-7,12-13H2,1-4H3,(H,23,25). The van der Waals surface area contributed by atoms with Crippen LogP contribution in [0.25, 0.3) is 0 Å². The maximum absolute atomic E-state index is 12.6. The summed E-state index contributed by atoms with van der Waals surface area (Å²) in [5, 5.41) is 2.86. The predicted molar refractivity (Wildman–Crippen MR) is 117 cm³/mol. The molecule has 2 N–H and O–H groups in total. The molecule has 0 heterocycles. The maximum Gasteiger partial charge on any atom is 0.251 e. The highest BCUT2D eigenvalue weighted by molar-refractivity contribution is 7.89. The Kier molecular flexibility index (Phi) is 8.68. The average molecular weight is 435 g/mol. The Bertz CT molecular complexity index is 973. The molecule has 2 aromatic rings. The minimum absolute atomic E-state index is 0.0768. The van der Waals surface area contributed by atoms with Gasteiger partial charge in [0.05, 0.1) is 18.1 Å². The van der Waals surface area contributed by atoms with Crippen LogP contribution in [0.1, 0.15) is 42.3 Å². The van der Waals surface area contributed by atoms with Crippen molar-refractivity contribution in [1.29, 1.82) is 0 Å². The van der Waals surface area contributed by atoms with Crippen LogP contribution in [0.5, 0.6) is 11.5 Å². The number of nitrogens with one attached hydrogen (secondary N) is 2. The molecule has 164 valence electrons. The van der Waals surface area contributed by atoms with Gasteiger partial charge in [-0.3, -0.25) is 4.79 Å². The van der Waals surface area contributed by atoms with Gasteiger partial charge in [0.1, 0.15) is 0 Å². The maximum atomic E-state index is 12.6. The van der Waals surface area contributed by atoms with E-state index in [4.69, 9.17) is 9.47 Å². The molecule has 0 aromatic heterocycles. The molecule has 0 unspecified atom stereocenters. The number of carbonyl (C=O) groups is 1. The summed E-state index contributed by atoms with van der Waals surface area (Å²) in [6.07, 6.45) is 0.604. The van der Waals surface area contributed by atoms with Gasteiger partial charge in [-0.25, -0.2) is 13.1 Å². The Morgan fingerprint density at radius 2 is 1.67 bits per heavy atom. The summed E-state index contributed by atoms with van der Waals surface area (Å²) < 4.78 is 38.1. The van der Waals surface area contributed by atoms with E-state index in [1.54, 1.807) is 19.9 Å².